The monoisotopic (exact) mass is 432 g/mol. The molecule has 1 aliphatic rings. The first kappa shape index (κ1) is 21.4. The number of nitrogens with zero attached hydrogens (tertiary/aromatic N) is 2. The van der Waals surface area contributed by atoms with Crippen LogP contribution in [0.3, 0.4) is 0 Å². The minimum atomic E-state index is -0.668. The van der Waals surface area contributed by atoms with E-state index in [4.69, 9.17) is 4.74 Å². The number of hydrogen-bond donors (Lipinski definition) is 2. The van der Waals surface area contributed by atoms with Crippen LogP contribution in [-0.2, 0) is 16.1 Å². The maximum atomic E-state index is 13.1. The lowest BCUT2D eigenvalue weighted by molar-refractivity contribution is -0.695. The fourth-order valence-corrected chi connectivity index (χ4v) is 3.99. The van der Waals surface area contributed by atoms with Gasteiger partial charge in [-0.1, -0.05) is 29.8 Å². The van der Waals surface area contributed by atoms with Crippen molar-refractivity contribution < 1.29 is 24.0 Å². The number of hydrogen-bond acceptors (Lipinski definition) is 4. The molecule has 164 valence electrons. The molecule has 0 radical (unpaired) electrons. The maximum absolute atomic E-state index is 13.1. The van der Waals surface area contributed by atoms with E-state index in [0.717, 1.165) is 11.1 Å². The molecule has 2 N–H and O–H groups in total. The van der Waals surface area contributed by atoms with E-state index >= 15 is 0 Å². The molecular formula is C25H26N3O4+. The van der Waals surface area contributed by atoms with E-state index in [1.807, 2.05) is 54.5 Å². The number of aromatic nitrogens is 2. The summed E-state index contributed by atoms with van der Waals surface area (Å²) in [6.45, 7) is 3.07. The second-order valence-electron chi connectivity index (χ2n) is 7.83. The van der Waals surface area contributed by atoms with Crippen LogP contribution in [0.2, 0.25) is 0 Å². The van der Waals surface area contributed by atoms with E-state index in [0.29, 0.717) is 30.8 Å². The van der Waals surface area contributed by atoms with Crippen LogP contribution < -0.4 is 9.30 Å². The van der Waals surface area contributed by atoms with Crippen molar-refractivity contribution in [3.05, 3.63) is 89.5 Å². The van der Waals surface area contributed by atoms with Gasteiger partial charge in [-0.05, 0) is 36.8 Å². The summed E-state index contributed by atoms with van der Waals surface area (Å²) >= 11 is 0. The van der Waals surface area contributed by atoms with Gasteiger partial charge in [-0.15, -0.1) is 0 Å². The number of aromatic amines is 1. The molecule has 1 saturated heterocycles. The van der Waals surface area contributed by atoms with Crippen LogP contribution in [0, 0.1) is 6.92 Å². The largest absolute Gasteiger partial charge is 0.507 e. The zero-order valence-corrected chi connectivity index (χ0v) is 18.1. The predicted octanol–water partition coefficient (Wildman–Crippen LogP) is 3.13. The molecule has 0 spiro atoms. The van der Waals surface area contributed by atoms with Crippen molar-refractivity contribution in [3.63, 3.8) is 0 Å². The molecule has 1 fully saturated rings. The highest BCUT2D eigenvalue weighted by Crippen LogP contribution is 2.39. The van der Waals surface area contributed by atoms with Crippen molar-refractivity contribution in [3.8, 4) is 5.75 Å². The average molecular weight is 433 g/mol. The summed E-state index contributed by atoms with van der Waals surface area (Å²) in [4.78, 5) is 30.6. The number of methoxy groups -OCH3 is 1. The summed E-state index contributed by atoms with van der Waals surface area (Å²) in [5.41, 5.74) is 2.44. The SMILES string of the molecule is COc1ccc(C(O)=C2C(=O)C(=O)N(CCC[n+]3cc[nH]c3)C2c2ccc(C)cc2)cc1. The van der Waals surface area contributed by atoms with Gasteiger partial charge < -0.3 is 14.7 Å². The third-order valence-corrected chi connectivity index (χ3v) is 5.71. The van der Waals surface area contributed by atoms with Gasteiger partial charge in [0, 0.05) is 18.5 Å². The first-order chi connectivity index (χ1) is 15.5. The van der Waals surface area contributed by atoms with Crippen LogP contribution in [0.1, 0.15) is 29.2 Å². The van der Waals surface area contributed by atoms with Gasteiger partial charge in [-0.25, -0.2) is 4.57 Å². The molecular weight excluding hydrogens is 406 g/mol. The first-order valence-corrected chi connectivity index (χ1v) is 10.5. The molecule has 1 amide bonds. The topological polar surface area (TPSA) is 86.5 Å². The minimum absolute atomic E-state index is 0.110. The average Bonchev–Trinajstić information content (AvgIpc) is 3.41. The molecule has 4 rings (SSSR count). The Bertz CT molecular complexity index is 1130. The number of Topliss-reactive ketones (excluding diaryl/α,β-unsaturated/α-hetero) is 1. The van der Waals surface area contributed by atoms with Gasteiger partial charge in [-0.2, -0.15) is 0 Å². The normalized spacial score (nSPS) is 17.7. The summed E-state index contributed by atoms with van der Waals surface area (Å²) in [7, 11) is 1.56. The molecule has 1 aromatic heterocycles. The van der Waals surface area contributed by atoms with Crippen LogP contribution in [0.4, 0.5) is 0 Å². The van der Waals surface area contributed by atoms with Gasteiger partial charge in [0.05, 0.1) is 25.3 Å². The van der Waals surface area contributed by atoms with E-state index in [2.05, 4.69) is 4.98 Å². The van der Waals surface area contributed by atoms with Gasteiger partial charge in [0.25, 0.3) is 11.7 Å². The van der Waals surface area contributed by atoms with Crippen molar-refractivity contribution in [1.82, 2.24) is 9.88 Å². The highest BCUT2D eigenvalue weighted by atomic mass is 16.5. The van der Waals surface area contributed by atoms with Crippen LogP contribution in [0.5, 0.6) is 5.75 Å². The Morgan fingerprint density at radius 2 is 1.84 bits per heavy atom. The molecule has 0 bridgehead atoms. The molecule has 32 heavy (non-hydrogen) atoms. The first-order valence-electron chi connectivity index (χ1n) is 10.5. The number of rotatable bonds is 7. The zero-order chi connectivity index (χ0) is 22.7. The Hall–Kier alpha value is -3.87. The number of benzene rings is 2. The molecule has 1 unspecified atom stereocenters. The predicted molar refractivity (Wildman–Crippen MR) is 119 cm³/mol. The third kappa shape index (κ3) is 4.14. The summed E-state index contributed by atoms with van der Waals surface area (Å²) in [6, 6.07) is 13.8. The molecule has 0 aliphatic carbocycles. The summed E-state index contributed by atoms with van der Waals surface area (Å²) in [5.74, 6) is -0.804. The Kier molecular flexibility index (Phi) is 6.07. The summed E-state index contributed by atoms with van der Waals surface area (Å²) < 4.78 is 7.16. The molecule has 3 aromatic rings. The smallest absolute Gasteiger partial charge is 0.295 e. The lowest BCUT2D eigenvalue weighted by atomic mass is 9.94. The second kappa shape index (κ2) is 9.09. The molecule has 7 nitrogen and oxygen atoms in total. The number of carbonyl (C=O) groups is 2. The van der Waals surface area contributed by atoms with Gasteiger partial charge in [-0.3, -0.25) is 14.6 Å². The molecule has 2 heterocycles. The van der Waals surface area contributed by atoms with E-state index < -0.39 is 17.7 Å². The van der Waals surface area contributed by atoms with Crippen molar-refractivity contribution in [2.75, 3.05) is 13.7 Å². The van der Waals surface area contributed by atoms with Crippen molar-refractivity contribution in [2.45, 2.75) is 25.9 Å². The van der Waals surface area contributed by atoms with Crippen LogP contribution >= 0.6 is 0 Å². The number of aliphatic hydroxyl groups is 1. The molecule has 1 atom stereocenters. The standard InChI is InChI=1S/C25H25N3O4/c1-17-4-6-18(7-5-17)22-21(23(29)19-8-10-20(32-2)11-9-19)24(30)25(31)28(22)14-3-13-27-15-12-26-16-27/h4-12,15-16,22H,3,13-14H2,1-2H3,(H,29,30)/p+1. The Morgan fingerprint density at radius 3 is 2.47 bits per heavy atom. The van der Waals surface area contributed by atoms with E-state index in [-0.39, 0.29) is 11.3 Å². The summed E-state index contributed by atoms with van der Waals surface area (Å²) in [5, 5.41) is 11.1. The molecule has 2 aromatic carbocycles. The minimum Gasteiger partial charge on any atom is -0.507 e. The van der Waals surface area contributed by atoms with Gasteiger partial charge in [0.1, 0.15) is 23.9 Å². The van der Waals surface area contributed by atoms with Gasteiger partial charge in [0.15, 0.2) is 0 Å². The highest BCUT2D eigenvalue weighted by molar-refractivity contribution is 6.46. The number of ether oxygens (including phenoxy) is 1. The Labute approximate surface area is 186 Å². The van der Waals surface area contributed by atoms with Crippen LogP contribution in [0.15, 0.2) is 72.8 Å². The highest BCUT2D eigenvalue weighted by Gasteiger charge is 2.45. The molecule has 7 heteroatoms. The zero-order valence-electron chi connectivity index (χ0n) is 18.1. The number of aryl methyl sites for hydroxylation is 2. The number of nitrogens with one attached hydrogen (secondary N) is 1. The number of amides is 1. The quantitative estimate of drug-likeness (QED) is 0.260. The lowest BCUT2D eigenvalue weighted by Crippen LogP contribution is -2.36. The van der Waals surface area contributed by atoms with Crippen LogP contribution in [0.25, 0.3) is 5.76 Å². The number of imidazole rings is 1. The van der Waals surface area contributed by atoms with Crippen LogP contribution in [-0.4, -0.2) is 40.3 Å². The number of H-pyrrole nitrogens is 1. The fourth-order valence-electron chi connectivity index (χ4n) is 3.99. The van der Waals surface area contributed by atoms with Crippen molar-refractivity contribution in [2.24, 2.45) is 0 Å². The van der Waals surface area contributed by atoms with E-state index in [1.54, 1.807) is 36.3 Å². The Balaban J connectivity index is 1.71. The van der Waals surface area contributed by atoms with Gasteiger partial charge in [0.2, 0.25) is 6.33 Å². The van der Waals surface area contributed by atoms with Crippen molar-refractivity contribution >= 4 is 17.4 Å². The van der Waals surface area contributed by atoms with E-state index in [1.165, 1.54) is 0 Å². The number of carbonyl (C=O) groups excluding carboxylic acids is 2. The second-order valence-corrected chi connectivity index (χ2v) is 7.83. The maximum Gasteiger partial charge on any atom is 0.295 e. The molecule has 0 saturated carbocycles. The lowest BCUT2D eigenvalue weighted by Gasteiger charge is -2.25. The number of aliphatic hydroxyl groups excluding tert-OH is 1. The number of ketones is 1. The van der Waals surface area contributed by atoms with Crippen molar-refractivity contribution in [1.29, 1.82) is 0 Å². The third-order valence-electron chi connectivity index (χ3n) is 5.71. The van der Waals surface area contributed by atoms with Gasteiger partial charge >= 0.3 is 0 Å². The Morgan fingerprint density at radius 1 is 1.12 bits per heavy atom. The molecule has 1 aliphatic heterocycles. The van der Waals surface area contributed by atoms with E-state index in [9.17, 15) is 14.7 Å². The number of likely N-dealkylation sites (tertiary alicyclic amines) is 1. The summed E-state index contributed by atoms with van der Waals surface area (Å²) in [6.07, 6.45) is 6.25. The fraction of sp³-hybridized carbons (Fsp3) is 0.240.